The number of non-ortho nitro benzene ring substituents is 1. The fraction of sp³-hybridized carbons (Fsp3) is 0.517. The quantitative estimate of drug-likeness (QED) is 0.119. The van der Waals surface area contributed by atoms with Crippen molar-refractivity contribution in [1.82, 2.24) is 4.57 Å². The van der Waals surface area contributed by atoms with Crippen LogP contribution in [0.4, 0.5) is 5.69 Å². The van der Waals surface area contributed by atoms with Gasteiger partial charge in [0.25, 0.3) is 5.69 Å². The van der Waals surface area contributed by atoms with Crippen molar-refractivity contribution in [2.75, 3.05) is 0 Å². The van der Waals surface area contributed by atoms with E-state index < -0.39 is 0 Å². The summed E-state index contributed by atoms with van der Waals surface area (Å²) in [6, 6.07) is 10.8. The Morgan fingerprint density at radius 2 is 1.76 bits per heavy atom. The summed E-state index contributed by atoms with van der Waals surface area (Å²) in [4.78, 5) is 11.2. The van der Waals surface area contributed by atoms with Crippen LogP contribution >= 0.6 is 0 Å². The number of nitrogens with zero attached hydrogens (tertiary/aromatic N) is 4. The van der Waals surface area contributed by atoms with Gasteiger partial charge in [0.05, 0.1) is 4.92 Å². The van der Waals surface area contributed by atoms with Crippen LogP contribution in [0.2, 0.25) is 0 Å². The molecule has 8 heteroatoms. The van der Waals surface area contributed by atoms with E-state index in [-0.39, 0.29) is 16.3 Å². The summed E-state index contributed by atoms with van der Waals surface area (Å²) in [7, 11) is 0. The average molecular weight is 507 g/mol. The Hall–Kier alpha value is -3.42. The highest BCUT2D eigenvalue weighted by atomic mass is 16.6. The zero-order chi connectivity index (χ0) is 26.4. The van der Waals surface area contributed by atoms with Crippen molar-refractivity contribution in [3.63, 3.8) is 0 Å². The van der Waals surface area contributed by atoms with Gasteiger partial charge in [0.1, 0.15) is 11.4 Å². The van der Waals surface area contributed by atoms with Crippen molar-refractivity contribution in [2.45, 2.75) is 84.6 Å². The molecule has 8 nitrogen and oxygen atoms in total. The monoisotopic (exact) mass is 506 g/mol. The van der Waals surface area contributed by atoms with Gasteiger partial charge in [-0.15, -0.1) is 0 Å². The molecule has 1 fully saturated rings. The van der Waals surface area contributed by atoms with E-state index in [1.807, 2.05) is 24.3 Å². The molecule has 4 rings (SSSR count). The highest BCUT2D eigenvalue weighted by molar-refractivity contribution is 6.48. The summed E-state index contributed by atoms with van der Waals surface area (Å²) in [6.45, 7) is 5.25. The van der Waals surface area contributed by atoms with Crippen molar-refractivity contribution in [3.05, 3.63) is 52.1 Å². The first-order valence-corrected chi connectivity index (χ1v) is 13.6. The number of nitro benzene ring substituents is 1. The van der Waals surface area contributed by atoms with Gasteiger partial charge < -0.3 is 15.0 Å². The van der Waals surface area contributed by atoms with Crippen LogP contribution < -0.4 is 0 Å². The van der Waals surface area contributed by atoms with E-state index in [1.165, 1.54) is 12.8 Å². The number of oxime groups is 2. The SMILES string of the molecule is CCCCC(CC)Cn1c2ccc(C(=NO)C(CC3CCCCC3)=NO)cc2c2cc([N+](=O)[O-])ccc21. The number of hydrogen-bond donors (Lipinski definition) is 2. The molecule has 0 radical (unpaired) electrons. The molecule has 1 saturated carbocycles. The lowest BCUT2D eigenvalue weighted by Crippen LogP contribution is -2.21. The number of hydrogen-bond acceptors (Lipinski definition) is 6. The minimum atomic E-state index is -0.371. The fourth-order valence-electron chi connectivity index (χ4n) is 5.86. The summed E-state index contributed by atoms with van der Waals surface area (Å²) in [6.07, 6.45) is 10.8. The molecule has 1 atom stereocenters. The minimum Gasteiger partial charge on any atom is -0.411 e. The molecule has 37 heavy (non-hydrogen) atoms. The Morgan fingerprint density at radius 3 is 2.38 bits per heavy atom. The van der Waals surface area contributed by atoms with Crippen LogP contribution in [0.5, 0.6) is 0 Å². The largest absolute Gasteiger partial charge is 0.411 e. The van der Waals surface area contributed by atoms with E-state index in [0.29, 0.717) is 29.5 Å². The molecular weight excluding hydrogens is 468 g/mol. The number of unbranched alkanes of at least 4 members (excludes halogenated alkanes) is 1. The zero-order valence-corrected chi connectivity index (χ0v) is 21.9. The molecule has 3 aromatic rings. The molecule has 0 spiro atoms. The molecule has 1 aliphatic carbocycles. The van der Waals surface area contributed by atoms with E-state index in [9.17, 15) is 20.5 Å². The maximum absolute atomic E-state index is 11.6. The molecule has 2 N–H and O–H groups in total. The van der Waals surface area contributed by atoms with Crippen LogP contribution in [-0.2, 0) is 6.54 Å². The van der Waals surface area contributed by atoms with Gasteiger partial charge in [-0.05, 0) is 42.9 Å². The van der Waals surface area contributed by atoms with Gasteiger partial charge in [0, 0.05) is 46.0 Å². The first kappa shape index (κ1) is 26.6. The first-order valence-electron chi connectivity index (χ1n) is 13.6. The lowest BCUT2D eigenvalue weighted by atomic mass is 9.84. The normalized spacial score (nSPS) is 16.5. The number of aromatic nitrogens is 1. The molecule has 1 aliphatic rings. The highest BCUT2D eigenvalue weighted by Gasteiger charge is 2.23. The average Bonchev–Trinajstić information content (AvgIpc) is 3.23. The van der Waals surface area contributed by atoms with Crippen molar-refractivity contribution in [1.29, 1.82) is 0 Å². The maximum atomic E-state index is 11.6. The standard InChI is InChI=1S/C29H38N4O4/c1-3-5-9-20(4-2)19-32-27-14-12-22(17-24(27)25-18-23(33(36)37)13-15-28(25)32)29(31-35)26(30-34)16-21-10-7-6-8-11-21/h12-15,17-18,20-21,34-35H,3-11,16,19H2,1-2H3. The Bertz CT molecular complexity index is 1300. The Balaban J connectivity index is 1.79. The van der Waals surface area contributed by atoms with E-state index in [0.717, 1.165) is 73.3 Å². The number of benzene rings is 2. The second-order valence-electron chi connectivity index (χ2n) is 10.4. The number of nitro groups is 1. The Labute approximate surface area is 217 Å². The third-order valence-corrected chi connectivity index (χ3v) is 8.02. The summed E-state index contributed by atoms with van der Waals surface area (Å²) in [5.74, 6) is 0.908. The molecule has 0 aliphatic heterocycles. The van der Waals surface area contributed by atoms with Crippen LogP contribution in [0.3, 0.4) is 0 Å². The van der Waals surface area contributed by atoms with E-state index in [2.05, 4.69) is 28.7 Å². The fourth-order valence-corrected chi connectivity index (χ4v) is 5.86. The van der Waals surface area contributed by atoms with Gasteiger partial charge in [-0.2, -0.15) is 0 Å². The van der Waals surface area contributed by atoms with Gasteiger partial charge in [0.15, 0.2) is 0 Å². The lowest BCUT2D eigenvalue weighted by Gasteiger charge is -2.22. The Kier molecular flexibility index (Phi) is 8.79. The second kappa shape index (κ2) is 12.2. The second-order valence-corrected chi connectivity index (χ2v) is 10.4. The maximum Gasteiger partial charge on any atom is 0.270 e. The molecule has 0 amide bonds. The summed E-state index contributed by atoms with van der Waals surface area (Å²) in [5, 5.41) is 40.1. The van der Waals surface area contributed by atoms with Gasteiger partial charge in [-0.1, -0.05) is 81.6 Å². The van der Waals surface area contributed by atoms with E-state index in [1.54, 1.807) is 12.1 Å². The third kappa shape index (κ3) is 5.78. The van der Waals surface area contributed by atoms with Crippen molar-refractivity contribution < 1.29 is 15.3 Å². The van der Waals surface area contributed by atoms with Gasteiger partial charge >= 0.3 is 0 Å². The van der Waals surface area contributed by atoms with Crippen molar-refractivity contribution in [2.24, 2.45) is 22.1 Å². The highest BCUT2D eigenvalue weighted by Crippen LogP contribution is 2.34. The van der Waals surface area contributed by atoms with Crippen LogP contribution in [0.15, 0.2) is 46.7 Å². The number of rotatable bonds is 11. The first-order chi connectivity index (χ1) is 18.0. The molecule has 0 bridgehead atoms. The van der Waals surface area contributed by atoms with Gasteiger partial charge in [-0.25, -0.2) is 0 Å². The predicted octanol–water partition coefficient (Wildman–Crippen LogP) is 7.90. The summed E-state index contributed by atoms with van der Waals surface area (Å²) >= 11 is 0. The lowest BCUT2D eigenvalue weighted by molar-refractivity contribution is -0.384. The van der Waals surface area contributed by atoms with Crippen LogP contribution in [0.1, 0.15) is 83.6 Å². The van der Waals surface area contributed by atoms with Gasteiger partial charge in [-0.3, -0.25) is 10.1 Å². The third-order valence-electron chi connectivity index (χ3n) is 8.02. The zero-order valence-electron chi connectivity index (χ0n) is 21.9. The van der Waals surface area contributed by atoms with Crippen LogP contribution in [0, 0.1) is 22.0 Å². The predicted molar refractivity (Wildman–Crippen MR) is 148 cm³/mol. The van der Waals surface area contributed by atoms with Crippen molar-refractivity contribution in [3.8, 4) is 0 Å². The Morgan fingerprint density at radius 1 is 1.05 bits per heavy atom. The van der Waals surface area contributed by atoms with E-state index in [4.69, 9.17) is 0 Å². The van der Waals surface area contributed by atoms with Crippen LogP contribution in [-0.4, -0.2) is 31.3 Å². The van der Waals surface area contributed by atoms with E-state index >= 15 is 0 Å². The van der Waals surface area contributed by atoms with Crippen molar-refractivity contribution >= 4 is 38.9 Å². The van der Waals surface area contributed by atoms with Crippen LogP contribution in [0.25, 0.3) is 21.8 Å². The molecule has 0 saturated heterocycles. The molecular formula is C29H38N4O4. The molecule has 198 valence electrons. The summed E-state index contributed by atoms with van der Waals surface area (Å²) < 4.78 is 2.26. The molecule has 2 aromatic carbocycles. The smallest absolute Gasteiger partial charge is 0.270 e. The molecule has 1 aromatic heterocycles. The number of fused-ring (bicyclic) bond motifs is 3. The van der Waals surface area contributed by atoms with Gasteiger partial charge in [0.2, 0.25) is 0 Å². The topological polar surface area (TPSA) is 113 Å². The molecule has 1 heterocycles. The minimum absolute atomic E-state index is 0.0425. The molecule has 1 unspecified atom stereocenters. The summed E-state index contributed by atoms with van der Waals surface area (Å²) in [5.41, 5.74) is 3.22.